The molecule has 0 saturated carbocycles. The predicted octanol–water partition coefficient (Wildman–Crippen LogP) is -1.27. The van der Waals surface area contributed by atoms with Gasteiger partial charge in [0.05, 0.1) is 13.6 Å². The lowest BCUT2D eigenvalue weighted by Gasteiger charge is -1.95. The van der Waals surface area contributed by atoms with Gasteiger partial charge in [0.15, 0.2) is 0 Å². The molecule has 0 atom stereocenters. The number of rotatable bonds is 3. The van der Waals surface area contributed by atoms with Crippen molar-refractivity contribution in [1.82, 2.24) is 4.57 Å². The van der Waals surface area contributed by atoms with Crippen LogP contribution in [-0.2, 0) is 13.6 Å². The molecule has 0 bridgehead atoms. The third kappa shape index (κ3) is 2.97. The van der Waals surface area contributed by atoms with Gasteiger partial charge in [-0.3, -0.25) is 0 Å². The maximum Gasteiger partial charge on any atom is 0.253 e. The summed E-state index contributed by atoms with van der Waals surface area (Å²) in [5, 5.41) is 0. The second kappa shape index (κ2) is 5.62. The van der Waals surface area contributed by atoms with Crippen LogP contribution < -0.4 is 28.5 Å². The first-order valence-electron chi connectivity index (χ1n) is 4.69. The maximum atomic E-state index is 2.33. The fourth-order valence-corrected chi connectivity index (χ4v) is 1.41. The molecule has 0 unspecified atom stereocenters. The lowest BCUT2D eigenvalue weighted by molar-refractivity contribution is -0.683. The van der Waals surface area contributed by atoms with Crippen molar-refractivity contribution in [3.8, 4) is 0 Å². The van der Waals surface area contributed by atoms with Gasteiger partial charge in [0.2, 0.25) is 0 Å². The topological polar surface area (TPSA) is 8.81 Å². The Labute approximate surface area is 98.0 Å². The average molecular weight is 294 g/mol. The maximum absolute atomic E-state index is 2.33. The van der Waals surface area contributed by atoms with Crippen LogP contribution >= 0.6 is 0 Å². The van der Waals surface area contributed by atoms with Crippen molar-refractivity contribution >= 4 is 0 Å². The van der Waals surface area contributed by atoms with Crippen LogP contribution in [0.1, 0.15) is 31.3 Å². The minimum absolute atomic E-state index is 0. The second-order valence-corrected chi connectivity index (χ2v) is 3.42. The Hall–Kier alpha value is -0.0600. The molecule has 1 heterocycles. The number of nitrogens with zero attached hydrogens (tertiary/aromatic N) is 2. The van der Waals surface area contributed by atoms with E-state index in [4.69, 9.17) is 0 Å². The molecule has 0 N–H and O–H groups in total. The van der Waals surface area contributed by atoms with Crippen molar-refractivity contribution < 1.29 is 28.5 Å². The van der Waals surface area contributed by atoms with Crippen molar-refractivity contribution in [2.45, 2.75) is 40.2 Å². The Morgan fingerprint density at radius 1 is 1.38 bits per heavy atom. The molecule has 0 aromatic carbocycles. The summed E-state index contributed by atoms with van der Waals surface area (Å²) in [5.41, 5.74) is 1.34. The van der Waals surface area contributed by atoms with Gasteiger partial charge in [-0.1, -0.05) is 13.3 Å². The van der Waals surface area contributed by atoms with Crippen LogP contribution in [0, 0.1) is 13.8 Å². The number of aryl methyl sites for hydroxylation is 2. The van der Waals surface area contributed by atoms with Crippen LogP contribution in [0.3, 0.4) is 0 Å². The molecule has 1 rings (SSSR count). The number of halogens is 1. The summed E-state index contributed by atoms with van der Waals surface area (Å²) in [4.78, 5) is 0. The van der Waals surface area contributed by atoms with Gasteiger partial charge in [-0.05, 0) is 6.42 Å². The van der Waals surface area contributed by atoms with Gasteiger partial charge >= 0.3 is 0 Å². The van der Waals surface area contributed by atoms with Crippen molar-refractivity contribution in [3.05, 3.63) is 17.7 Å². The summed E-state index contributed by atoms with van der Waals surface area (Å²) in [7, 11) is 2.12. The van der Waals surface area contributed by atoms with E-state index in [0.717, 1.165) is 6.54 Å². The molecule has 0 radical (unpaired) electrons. The molecule has 0 aliphatic heterocycles. The lowest BCUT2D eigenvalue weighted by atomic mass is 10.3. The standard InChI is InChI=1S/C10H19N2.HI/c1-5-6-7-12-8-9(2)11(4)10(12)3;/h8H,5-7H2,1-4H3;1H/q+1;/p-1. The summed E-state index contributed by atoms with van der Waals surface area (Å²) in [5.74, 6) is 1.35. The van der Waals surface area contributed by atoms with Gasteiger partial charge in [-0.15, -0.1) is 0 Å². The predicted molar refractivity (Wildman–Crippen MR) is 50.0 cm³/mol. The van der Waals surface area contributed by atoms with Crippen molar-refractivity contribution in [2.75, 3.05) is 0 Å². The molecule has 0 aliphatic rings. The van der Waals surface area contributed by atoms with Gasteiger partial charge in [-0.2, -0.15) is 0 Å². The zero-order valence-corrected chi connectivity index (χ0v) is 11.1. The van der Waals surface area contributed by atoms with E-state index in [1.807, 2.05) is 0 Å². The Morgan fingerprint density at radius 2 is 2.00 bits per heavy atom. The number of hydrogen-bond acceptors (Lipinski definition) is 0. The molecule has 3 heteroatoms. The highest BCUT2D eigenvalue weighted by Crippen LogP contribution is 2.00. The van der Waals surface area contributed by atoms with E-state index < -0.39 is 0 Å². The van der Waals surface area contributed by atoms with Gasteiger partial charge in [0, 0.05) is 13.8 Å². The fourth-order valence-electron chi connectivity index (χ4n) is 1.41. The summed E-state index contributed by atoms with van der Waals surface area (Å²) in [6, 6.07) is 0. The van der Waals surface area contributed by atoms with E-state index in [9.17, 15) is 0 Å². The van der Waals surface area contributed by atoms with E-state index >= 15 is 0 Å². The van der Waals surface area contributed by atoms with E-state index in [2.05, 4.69) is 43.1 Å². The molecule has 13 heavy (non-hydrogen) atoms. The molecule has 2 nitrogen and oxygen atoms in total. The molecule has 0 aliphatic carbocycles. The van der Waals surface area contributed by atoms with Crippen LogP contribution in [0.15, 0.2) is 6.20 Å². The zero-order valence-electron chi connectivity index (χ0n) is 8.97. The largest absolute Gasteiger partial charge is 1.00 e. The highest BCUT2D eigenvalue weighted by atomic mass is 127. The van der Waals surface area contributed by atoms with Crippen molar-refractivity contribution in [1.29, 1.82) is 0 Å². The number of aromatic nitrogens is 2. The molecule has 1 aromatic rings. The first-order chi connectivity index (χ1) is 5.66. The van der Waals surface area contributed by atoms with Gasteiger partial charge < -0.3 is 24.0 Å². The first-order valence-corrected chi connectivity index (χ1v) is 4.69. The van der Waals surface area contributed by atoms with Gasteiger partial charge in [0.25, 0.3) is 5.82 Å². The van der Waals surface area contributed by atoms with Crippen LogP contribution in [0.2, 0.25) is 0 Å². The number of unbranched alkanes of at least 4 members (excludes halogenated alkanes) is 1. The summed E-state index contributed by atoms with van der Waals surface area (Å²) in [6.07, 6.45) is 4.76. The van der Waals surface area contributed by atoms with Crippen LogP contribution in [0.25, 0.3) is 0 Å². The van der Waals surface area contributed by atoms with Gasteiger partial charge in [0.1, 0.15) is 11.9 Å². The molecule has 76 valence electrons. The Balaban J connectivity index is 0.00000144. The van der Waals surface area contributed by atoms with Crippen LogP contribution in [-0.4, -0.2) is 4.57 Å². The Kier molecular flexibility index (Phi) is 5.60. The lowest BCUT2D eigenvalue weighted by Crippen LogP contribution is -3.00. The van der Waals surface area contributed by atoms with Crippen molar-refractivity contribution in [2.24, 2.45) is 7.05 Å². The fraction of sp³-hybridized carbons (Fsp3) is 0.700. The SMILES string of the molecule is CCCCn1cc(C)[n+](C)c1C.[I-]. The average Bonchev–Trinajstić information content (AvgIpc) is 2.30. The number of hydrogen-bond donors (Lipinski definition) is 0. The molecule has 0 fully saturated rings. The van der Waals surface area contributed by atoms with E-state index in [1.54, 1.807) is 0 Å². The van der Waals surface area contributed by atoms with E-state index in [-0.39, 0.29) is 24.0 Å². The molecule has 0 spiro atoms. The zero-order chi connectivity index (χ0) is 9.14. The quantitative estimate of drug-likeness (QED) is 0.486. The molecule has 1 aromatic heterocycles. The van der Waals surface area contributed by atoms with E-state index in [0.29, 0.717) is 0 Å². The summed E-state index contributed by atoms with van der Waals surface area (Å²) < 4.78 is 4.56. The third-order valence-corrected chi connectivity index (χ3v) is 2.53. The summed E-state index contributed by atoms with van der Waals surface area (Å²) >= 11 is 0. The van der Waals surface area contributed by atoms with Crippen LogP contribution in [0.4, 0.5) is 0 Å². The Bertz CT molecular complexity index is 266. The van der Waals surface area contributed by atoms with E-state index in [1.165, 1.54) is 24.4 Å². The highest BCUT2D eigenvalue weighted by Gasteiger charge is 2.11. The minimum atomic E-state index is 0. The minimum Gasteiger partial charge on any atom is -1.00 e. The molecular formula is C10H19IN2. The Morgan fingerprint density at radius 3 is 2.38 bits per heavy atom. The second-order valence-electron chi connectivity index (χ2n) is 3.42. The first kappa shape index (κ1) is 12.9. The smallest absolute Gasteiger partial charge is 0.253 e. The molecule has 0 saturated heterocycles. The van der Waals surface area contributed by atoms with Crippen LogP contribution in [0.5, 0.6) is 0 Å². The highest BCUT2D eigenvalue weighted by molar-refractivity contribution is 4.90. The van der Waals surface area contributed by atoms with Crippen molar-refractivity contribution in [3.63, 3.8) is 0 Å². The monoisotopic (exact) mass is 294 g/mol. The van der Waals surface area contributed by atoms with Gasteiger partial charge in [-0.25, -0.2) is 9.13 Å². The summed E-state index contributed by atoms with van der Waals surface area (Å²) in [6.45, 7) is 7.70. The number of imidazole rings is 1. The third-order valence-electron chi connectivity index (χ3n) is 2.53. The molecular weight excluding hydrogens is 275 g/mol. The molecule has 0 amide bonds. The normalized spacial score (nSPS) is 9.85.